The van der Waals surface area contributed by atoms with Crippen molar-refractivity contribution in [1.82, 2.24) is 20.1 Å². The van der Waals surface area contributed by atoms with E-state index in [1.54, 1.807) is 12.4 Å². The lowest BCUT2D eigenvalue weighted by molar-refractivity contribution is -0.138. The van der Waals surface area contributed by atoms with Crippen molar-refractivity contribution >= 4 is 11.7 Å². The van der Waals surface area contributed by atoms with Gasteiger partial charge in [0.1, 0.15) is 0 Å². The Morgan fingerprint density at radius 3 is 2.69 bits per heavy atom. The molecule has 1 amide bonds. The van der Waals surface area contributed by atoms with Crippen molar-refractivity contribution in [3.05, 3.63) is 47.9 Å². The van der Waals surface area contributed by atoms with E-state index in [2.05, 4.69) is 26.1 Å². The largest absolute Gasteiger partial charge is 0.355 e. The Morgan fingerprint density at radius 1 is 1.08 bits per heavy atom. The summed E-state index contributed by atoms with van der Waals surface area (Å²) in [5.74, 6) is 1.21. The number of aryl methyl sites for hydroxylation is 1. The second kappa shape index (κ2) is 7.02. The number of carbonyl (C=O) groups excluding carboxylic acids is 1. The Hall–Kier alpha value is -2.50. The minimum absolute atomic E-state index is 0.158. The number of carbonyl (C=O) groups is 1. The van der Waals surface area contributed by atoms with Gasteiger partial charge < -0.3 is 9.80 Å². The molecule has 0 bridgehead atoms. The zero-order valence-electron chi connectivity index (χ0n) is 15.3. The summed E-state index contributed by atoms with van der Waals surface area (Å²) in [7, 11) is 0. The molecule has 2 fully saturated rings. The molecule has 2 aliphatic rings. The topological polar surface area (TPSA) is 62.2 Å². The van der Waals surface area contributed by atoms with Crippen LogP contribution in [0.15, 0.2) is 36.7 Å². The summed E-state index contributed by atoms with van der Waals surface area (Å²) in [4.78, 5) is 20.9. The molecule has 26 heavy (non-hydrogen) atoms. The number of nitrogens with zero attached hydrogens (tertiary/aromatic N) is 5. The normalized spacial score (nSPS) is 23.5. The Kier molecular flexibility index (Phi) is 4.57. The van der Waals surface area contributed by atoms with E-state index in [0.717, 1.165) is 49.6 Å². The van der Waals surface area contributed by atoms with Crippen LogP contribution in [-0.4, -0.2) is 45.6 Å². The van der Waals surface area contributed by atoms with Crippen LogP contribution in [0.3, 0.4) is 0 Å². The lowest BCUT2D eigenvalue weighted by atomic mass is 9.73. The first-order valence-corrected chi connectivity index (χ1v) is 9.36. The van der Waals surface area contributed by atoms with Gasteiger partial charge in [-0.1, -0.05) is 0 Å². The smallest absolute Gasteiger partial charge is 0.222 e. The fourth-order valence-corrected chi connectivity index (χ4v) is 4.25. The first-order chi connectivity index (χ1) is 12.6. The molecule has 0 saturated carbocycles. The monoisotopic (exact) mass is 351 g/mol. The molecule has 2 aromatic heterocycles. The molecule has 136 valence electrons. The SMILES string of the molecule is Cc1ccc(N2CCC[C@]3(CCC(=O)N(Cc4ccncc4)C3)C2)nn1. The fourth-order valence-electron chi connectivity index (χ4n) is 4.25. The van der Waals surface area contributed by atoms with Crippen LogP contribution in [0.4, 0.5) is 5.82 Å². The highest BCUT2D eigenvalue weighted by atomic mass is 16.2. The van der Waals surface area contributed by atoms with Crippen LogP contribution < -0.4 is 4.90 Å². The predicted molar refractivity (Wildman–Crippen MR) is 99.5 cm³/mol. The van der Waals surface area contributed by atoms with Crippen molar-refractivity contribution in [3.8, 4) is 0 Å². The number of aromatic nitrogens is 3. The molecule has 0 radical (unpaired) electrons. The van der Waals surface area contributed by atoms with Crippen LogP contribution >= 0.6 is 0 Å². The van der Waals surface area contributed by atoms with E-state index in [4.69, 9.17) is 0 Å². The van der Waals surface area contributed by atoms with Crippen LogP contribution in [0, 0.1) is 12.3 Å². The molecule has 1 spiro atoms. The lowest BCUT2D eigenvalue weighted by Crippen LogP contribution is -2.54. The van der Waals surface area contributed by atoms with Crippen molar-refractivity contribution in [1.29, 1.82) is 0 Å². The van der Waals surface area contributed by atoms with Crippen molar-refractivity contribution in [3.63, 3.8) is 0 Å². The Bertz CT molecular complexity index is 764. The molecular formula is C20H25N5O. The molecule has 0 unspecified atom stereocenters. The number of hydrogen-bond donors (Lipinski definition) is 0. The summed E-state index contributed by atoms with van der Waals surface area (Å²) in [6, 6.07) is 8.06. The summed E-state index contributed by atoms with van der Waals surface area (Å²) in [6.07, 6.45) is 7.48. The zero-order chi connectivity index (χ0) is 18.0. The number of hydrogen-bond acceptors (Lipinski definition) is 5. The van der Waals surface area contributed by atoms with Gasteiger partial charge in [0.2, 0.25) is 5.91 Å². The van der Waals surface area contributed by atoms with Crippen LogP contribution in [0.2, 0.25) is 0 Å². The van der Waals surface area contributed by atoms with Gasteiger partial charge >= 0.3 is 0 Å². The zero-order valence-corrected chi connectivity index (χ0v) is 15.3. The van der Waals surface area contributed by atoms with Gasteiger partial charge in [0.25, 0.3) is 0 Å². The molecule has 6 nitrogen and oxygen atoms in total. The average molecular weight is 351 g/mol. The molecule has 0 N–H and O–H groups in total. The molecule has 2 saturated heterocycles. The first-order valence-electron chi connectivity index (χ1n) is 9.36. The Labute approximate surface area is 154 Å². The highest BCUT2D eigenvalue weighted by Gasteiger charge is 2.42. The second-order valence-corrected chi connectivity index (χ2v) is 7.66. The highest BCUT2D eigenvalue weighted by Crippen LogP contribution is 2.40. The van der Waals surface area contributed by atoms with Crippen LogP contribution in [-0.2, 0) is 11.3 Å². The highest BCUT2D eigenvalue weighted by molar-refractivity contribution is 5.77. The number of anilines is 1. The molecule has 2 aliphatic heterocycles. The van der Waals surface area contributed by atoms with Gasteiger partial charge in [-0.15, -0.1) is 5.10 Å². The van der Waals surface area contributed by atoms with E-state index in [0.29, 0.717) is 13.0 Å². The van der Waals surface area contributed by atoms with Crippen LogP contribution in [0.25, 0.3) is 0 Å². The molecule has 1 atom stereocenters. The predicted octanol–water partition coefficient (Wildman–Crippen LogP) is 2.59. The number of amides is 1. The van der Waals surface area contributed by atoms with E-state index < -0.39 is 0 Å². The van der Waals surface area contributed by atoms with E-state index >= 15 is 0 Å². The van der Waals surface area contributed by atoms with E-state index in [1.165, 1.54) is 6.42 Å². The number of pyridine rings is 1. The molecule has 4 rings (SSSR count). The van der Waals surface area contributed by atoms with Gasteiger partial charge in [-0.3, -0.25) is 9.78 Å². The Morgan fingerprint density at radius 2 is 1.92 bits per heavy atom. The molecule has 4 heterocycles. The molecular weight excluding hydrogens is 326 g/mol. The quantitative estimate of drug-likeness (QED) is 0.850. The maximum Gasteiger partial charge on any atom is 0.222 e. The van der Waals surface area contributed by atoms with Gasteiger partial charge in [0, 0.05) is 50.4 Å². The fraction of sp³-hybridized carbons (Fsp3) is 0.500. The lowest BCUT2D eigenvalue weighted by Gasteiger charge is -2.48. The summed E-state index contributed by atoms with van der Waals surface area (Å²) < 4.78 is 0. The van der Waals surface area contributed by atoms with Crippen LogP contribution in [0.5, 0.6) is 0 Å². The van der Waals surface area contributed by atoms with Crippen molar-refractivity contribution in [2.45, 2.75) is 39.2 Å². The maximum absolute atomic E-state index is 12.5. The average Bonchev–Trinajstić information content (AvgIpc) is 2.67. The second-order valence-electron chi connectivity index (χ2n) is 7.66. The molecule has 0 aromatic carbocycles. The van der Waals surface area contributed by atoms with E-state index in [-0.39, 0.29) is 11.3 Å². The van der Waals surface area contributed by atoms with Gasteiger partial charge in [-0.2, -0.15) is 5.10 Å². The third-order valence-corrected chi connectivity index (χ3v) is 5.64. The van der Waals surface area contributed by atoms with Crippen LogP contribution in [0.1, 0.15) is 36.9 Å². The van der Waals surface area contributed by atoms with Gasteiger partial charge in [-0.05, 0) is 56.0 Å². The number of rotatable bonds is 3. The third-order valence-electron chi connectivity index (χ3n) is 5.64. The molecule has 6 heteroatoms. The molecule has 0 aliphatic carbocycles. The minimum Gasteiger partial charge on any atom is -0.355 e. The standard InChI is InChI=1S/C20H25N5O/c1-16-3-4-18(23-22-16)24-12-2-8-20(14-24)9-5-19(26)25(15-20)13-17-6-10-21-11-7-17/h3-4,6-7,10-11H,2,5,8-9,12-15H2,1H3/t20-/m0/s1. The summed E-state index contributed by atoms with van der Waals surface area (Å²) in [6.45, 7) is 5.41. The first kappa shape index (κ1) is 16.9. The van der Waals surface area contributed by atoms with E-state index in [1.807, 2.05) is 30.0 Å². The number of piperidine rings is 2. The van der Waals surface area contributed by atoms with Crippen molar-refractivity contribution in [2.24, 2.45) is 5.41 Å². The van der Waals surface area contributed by atoms with Gasteiger partial charge in [0.05, 0.1) is 5.69 Å². The summed E-state index contributed by atoms with van der Waals surface area (Å²) in [5, 5.41) is 8.58. The third kappa shape index (κ3) is 3.54. The Balaban J connectivity index is 1.49. The van der Waals surface area contributed by atoms with E-state index in [9.17, 15) is 4.79 Å². The molecule has 2 aromatic rings. The number of likely N-dealkylation sites (tertiary alicyclic amines) is 1. The minimum atomic E-state index is 0.158. The van der Waals surface area contributed by atoms with Gasteiger partial charge in [0.15, 0.2) is 5.82 Å². The van der Waals surface area contributed by atoms with Gasteiger partial charge in [-0.25, -0.2) is 0 Å². The maximum atomic E-state index is 12.5. The van der Waals surface area contributed by atoms with Crippen molar-refractivity contribution in [2.75, 3.05) is 24.5 Å². The van der Waals surface area contributed by atoms with Crippen molar-refractivity contribution < 1.29 is 4.79 Å². The summed E-state index contributed by atoms with van der Waals surface area (Å²) >= 11 is 0. The summed E-state index contributed by atoms with van der Waals surface area (Å²) in [5.41, 5.74) is 2.24.